The van der Waals surface area contributed by atoms with Crippen LogP contribution >= 0.6 is 0 Å². The van der Waals surface area contributed by atoms with Gasteiger partial charge >= 0.3 is 5.97 Å². The van der Waals surface area contributed by atoms with Crippen molar-refractivity contribution in [1.29, 1.82) is 5.26 Å². The lowest BCUT2D eigenvalue weighted by molar-refractivity contribution is -0.118. The van der Waals surface area contributed by atoms with E-state index in [0.29, 0.717) is 49.0 Å². The molecule has 4 aromatic rings. The van der Waals surface area contributed by atoms with Crippen molar-refractivity contribution in [1.82, 2.24) is 19.4 Å². The molecule has 1 saturated heterocycles. The van der Waals surface area contributed by atoms with E-state index in [9.17, 15) is 18.4 Å². The van der Waals surface area contributed by atoms with Gasteiger partial charge in [-0.25, -0.2) is 23.5 Å². The Hall–Kier alpha value is -5.09. The van der Waals surface area contributed by atoms with Crippen molar-refractivity contribution in [2.24, 2.45) is 0 Å². The first-order chi connectivity index (χ1) is 22.3. The molecule has 2 aromatic heterocycles. The van der Waals surface area contributed by atoms with Crippen LogP contribution in [0.4, 0.5) is 14.6 Å². The van der Waals surface area contributed by atoms with E-state index >= 15 is 0 Å². The number of esters is 1. The predicted molar refractivity (Wildman–Crippen MR) is 166 cm³/mol. The fourth-order valence-corrected chi connectivity index (χ4v) is 4.74. The summed E-state index contributed by atoms with van der Waals surface area (Å²) >= 11 is 0. The number of hydrogen-bond acceptors (Lipinski definition) is 9. The summed E-state index contributed by atoms with van der Waals surface area (Å²) in [6.45, 7) is 5.76. The number of halogens is 2. The number of nitrogens with zero attached hydrogens (tertiary/aromatic N) is 6. The second-order valence-corrected chi connectivity index (χ2v) is 10.3. The molecule has 0 spiro atoms. The summed E-state index contributed by atoms with van der Waals surface area (Å²) in [6, 6.07) is 13.5. The second-order valence-electron chi connectivity index (χ2n) is 10.3. The van der Waals surface area contributed by atoms with Crippen LogP contribution in [0.5, 0.6) is 5.75 Å². The van der Waals surface area contributed by atoms with E-state index in [1.807, 2.05) is 24.5 Å². The van der Waals surface area contributed by atoms with E-state index < -0.39 is 17.6 Å². The quantitative estimate of drug-likeness (QED) is 0.150. The number of likely N-dealkylation sites (N-methyl/N-ethyl adjacent to an activating group) is 1. The Morgan fingerprint density at radius 3 is 2.57 bits per heavy atom. The van der Waals surface area contributed by atoms with E-state index in [4.69, 9.17) is 24.5 Å². The molecule has 2 aromatic carbocycles. The number of carbonyl (C=O) groups excluding carboxylic acids is 2. The molecule has 242 valence electrons. The van der Waals surface area contributed by atoms with Gasteiger partial charge in [-0.15, -0.1) is 0 Å². The zero-order valence-corrected chi connectivity index (χ0v) is 26.2. The minimum atomic E-state index is -0.732. The number of nitriles is 1. The van der Waals surface area contributed by atoms with Gasteiger partial charge in [-0.05, 0) is 55.0 Å². The fraction of sp³-hybridized carbons (Fsp3) is 0.364. The molecule has 3 heterocycles. The largest absolute Gasteiger partial charge is 0.484 e. The Labute approximate surface area is 265 Å². The zero-order valence-electron chi connectivity index (χ0n) is 26.2. The number of imidazole rings is 1. The molecular formula is C33H36F2N6O5. The summed E-state index contributed by atoms with van der Waals surface area (Å²) < 4.78 is 46.6. The highest BCUT2D eigenvalue weighted by Crippen LogP contribution is 2.24. The Bertz CT molecular complexity index is 1720. The van der Waals surface area contributed by atoms with Crippen molar-refractivity contribution in [3.05, 3.63) is 82.8 Å². The smallest absolute Gasteiger partial charge is 0.337 e. The molecule has 1 unspecified atom stereocenters. The molecule has 5 rings (SSSR count). The first-order valence-corrected chi connectivity index (χ1v) is 14.9. The third-order valence-electron chi connectivity index (χ3n) is 7.36. The van der Waals surface area contributed by atoms with E-state index in [1.165, 1.54) is 31.4 Å². The number of aromatic nitrogens is 3. The number of ether oxygens (including phenoxy) is 3. The van der Waals surface area contributed by atoms with Gasteiger partial charge < -0.3 is 28.6 Å². The fourth-order valence-electron chi connectivity index (χ4n) is 4.74. The molecule has 0 saturated carbocycles. The van der Waals surface area contributed by atoms with Gasteiger partial charge in [0, 0.05) is 26.7 Å². The van der Waals surface area contributed by atoms with Crippen LogP contribution in [0.2, 0.25) is 0 Å². The Balaban J connectivity index is 0.00000235. The van der Waals surface area contributed by atoms with Crippen molar-refractivity contribution in [3.63, 3.8) is 0 Å². The maximum atomic E-state index is 14.5. The summed E-state index contributed by atoms with van der Waals surface area (Å²) in [6.07, 6.45) is 1.65. The lowest BCUT2D eigenvalue weighted by atomic mass is 10.1. The van der Waals surface area contributed by atoms with E-state index in [-0.39, 0.29) is 36.3 Å². The lowest BCUT2D eigenvalue weighted by Crippen LogP contribution is -2.35. The standard InChI is InChI=1S/C31H30F2N6O5.C2H6/c1-37(29-8-5-23(32)26(36-29)18-44-28-7-3-20(15-34)13-24(28)33)10-11-38(19-40)17-30-35-25-6-4-21(31(41)42-2)14-27(25)39(30)16-22-9-12-43-22;1-2/h3-8,13-14,19,22H,9-12,16-18H2,1-2H3;1-2H3. The summed E-state index contributed by atoms with van der Waals surface area (Å²) in [7, 11) is 3.08. The summed E-state index contributed by atoms with van der Waals surface area (Å²) in [5.74, 6) is -0.853. The highest BCUT2D eigenvalue weighted by Gasteiger charge is 2.23. The molecule has 0 N–H and O–H groups in total. The monoisotopic (exact) mass is 634 g/mol. The third kappa shape index (κ3) is 7.94. The van der Waals surface area contributed by atoms with Gasteiger partial charge in [-0.3, -0.25) is 4.79 Å². The van der Waals surface area contributed by atoms with Crippen LogP contribution in [0.1, 0.15) is 47.7 Å². The van der Waals surface area contributed by atoms with E-state index in [2.05, 4.69) is 4.98 Å². The van der Waals surface area contributed by atoms with Crippen LogP contribution in [0, 0.1) is 23.0 Å². The van der Waals surface area contributed by atoms with Crippen LogP contribution in [0.15, 0.2) is 48.5 Å². The number of pyridine rings is 1. The van der Waals surface area contributed by atoms with Gasteiger partial charge in [0.05, 0.1) is 54.5 Å². The maximum Gasteiger partial charge on any atom is 0.337 e. The molecule has 0 bridgehead atoms. The summed E-state index contributed by atoms with van der Waals surface area (Å²) in [4.78, 5) is 36.6. The summed E-state index contributed by atoms with van der Waals surface area (Å²) in [5.41, 5.74) is 1.94. The molecule has 0 radical (unpaired) electrons. The molecular weight excluding hydrogens is 598 g/mol. The maximum absolute atomic E-state index is 14.5. The van der Waals surface area contributed by atoms with Crippen molar-refractivity contribution in [3.8, 4) is 11.8 Å². The second kappa shape index (κ2) is 15.8. The van der Waals surface area contributed by atoms with Crippen molar-refractivity contribution in [2.75, 3.05) is 38.8 Å². The van der Waals surface area contributed by atoms with Crippen molar-refractivity contribution < 1.29 is 32.6 Å². The number of anilines is 1. The number of amides is 1. The van der Waals surface area contributed by atoms with Crippen molar-refractivity contribution >= 4 is 29.2 Å². The van der Waals surface area contributed by atoms with Gasteiger partial charge in [0.1, 0.15) is 29.8 Å². The number of fused-ring (bicyclic) bond motifs is 1. The predicted octanol–water partition coefficient (Wildman–Crippen LogP) is 4.86. The number of carbonyl (C=O) groups is 2. The van der Waals surface area contributed by atoms with E-state index in [1.54, 1.807) is 35.0 Å². The average molecular weight is 635 g/mol. The molecule has 1 aliphatic rings. The molecule has 11 nitrogen and oxygen atoms in total. The Morgan fingerprint density at radius 2 is 1.91 bits per heavy atom. The molecule has 1 amide bonds. The van der Waals surface area contributed by atoms with Gasteiger partial charge in [-0.2, -0.15) is 5.26 Å². The SMILES string of the molecule is CC.COC(=O)c1ccc2nc(CN(C=O)CCN(C)c3ccc(F)c(COc4ccc(C#N)cc4F)n3)n(CC3CCO3)c2c1. The molecule has 46 heavy (non-hydrogen) atoms. The molecule has 1 aliphatic heterocycles. The van der Waals surface area contributed by atoms with Crippen LogP contribution < -0.4 is 9.64 Å². The van der Waals surface area contributed by atoms with Gasteiger partial charge in [-0.1, -0.05) is 13.8 Å². The molecule has 1 fully saturated rings. The van der Waals surface area contributed by atoms with Crippen molar-refractivity contribution in [2.45, 2.75) is 46.1 Å². The number of rotatable bonds is 13. The number of methoxy groups -OCH3 is 1. The van der Waals surface area contributed by atoms with Crippen LogP contribution in [-0.4, -0.2) is 71.8 Å². The topological polar surface area (TPSA) is 123 Å². The Kier molecular flexibility index (Phi) is 11.6. The summed E-state index contributed by atoms with van der Waals surface area (Å²) in [5, 5.41) is 8.90. The first-order valence-electron chi connectivity index (χ1n) is 14.9. The van der Waals surface area contributed by atoms with E-state index in [0.717, 1.165) is 24.4 Å². The minimum Gasteiger partial charge on any atom is -0.484 e. The minimum absolute atomic E-state index is 0.0138. The number of benzene rings is 2. The lowest BCUT2D eigenvalue weighted by Gasteiger charge is -2.28. The highest BCUT2D eigenvalue weighted by molar-refractivity contribution is 5.93. The molecule has 0 aliphatic carbocycles. The number of hydrogen-bond donors (Lipinski definition) is 0. The van der Waals surface area contributed by atoms with Gasteiger partial charge in [0.2, 0.25) is 6.41 Å². The van der Waals surface area contributed by atoms with Crippen LogP contribution in [0.3, 0.4) is 0 Å². The molecule has 13 heteroatoms. The Morgan fingerprint density at radius 1 is 1.13 bits per heavy atom. The van der Waals surface area contributed by atoms with Crippen LogP contribution in [-0.2, 0) is 34.0 Å². The normalized spacial score (nSPS) is 13.5. The zero-order chi connectivity index (χ0) is 33.2. The molecule has 1 atom stereocenters. The third-order valence-corrected chi connectivity index (χ3v) is 7.36. The first kappa shape index (κ1) is 33.8. The average Bonchev–Trinajstić information content (AvgIpc) is 3.40. The van der Waals surface area contributed by atoms with Gasteiger partial charge in [0.25, 0.3) is 0 Å². The highest BCUT2D eigenvalue weighted by atomic mass is 19.1. The van der Waals surface area contributed by atoms with Gasteiger partial charge in [0.15, 0.2) is 11.6 Å². The van der Waals surface area contributed by atoms with Crippen LogP contribution in [0.25, 0.3) is 11.0 Å².